The highest BCUT2D eigenvalue weighted by molar-refractivity contribution is 5.20. The van der Waals surface area contributed by atoms with Crippen LogP contribution in [0.15, 0.2) is 36.5 Å². The molecule has 0 fully saturated rings. The maximum Gasteiger partial charge on any atom is 0.000980 e. The lowest BCUT2D eigenvalue weighted by atomic mass is 9.84. The molecule has 13 heavy (non-hydrogen) atoms. The van der Waals surface area contributed by atoms with Crippen LogP contribution in [0.4, 0.5) is 0 Å². The van der Waals surface area contributed by atoms with E-state index in [0.29, 0.717) is 5.92 Å². The van der Waals surface area contributed by atoms with Crippen LogP contribution in [0.2, 0.25) is 0 Å². The molecule has 0 radical (unpaired) electrons. The van der Waals surface area contributed by atoms with E-state index in [-0.39, 0.29) is 5.41 Å². The standard InChI is InChI=1S/C13H18/c1-13(2)9-7-11-5-3-4-6-12(11)8-10-13/h3,5,7-12H,4,6H2,1-2H3. The summed E-state index contributed by atoms with van der Waals surface area (Å²) in [5.74, 6) is 1.41. The van der Waals surface area contributed by atoms with E-state index in [1.54, 1.807) is 0 Å². The van der Waals surface area contributed by atoms with Gasteiger partial charge in [0.05, 0.1) is 0 Å². The predicted molar refractivity (Wildman–Crippen MR) is 57.4 cm³/mol. The molecule has 0 N–H and O–H groups in total. The van der Waals surface area contributed by atoms with E-state index in [9.17, 15) is 0 Å². The zero-order valence-electron chi connectivity index (χ0n) is 8.53. The molecule has 0 heteroatoms. The van der Waals surface area contributed by atoms with Gasteiger partial charge in [0.1, 0.15) is 0 Å². The lowest BCUT2D eigenvalue weighted by Gasteiger charge is -2.20. The molecular weight excluding hydrogens is 156 g/mol. The Morgan fingerprint density at radius 3 is 2.69 bits per heavy atom. The summed E-state index contributed by atoms with van der Waals surface area (Å²) in [6.45, 7) is 4.53. The van der Waals surface area contributed by atoms with Gasteiger partial charge in [-0.15, -0.1) is 0 Å². The maximum atomic E-state index is 2.41. The number of fused-ring (bicyclic) bond motifs is 1. The Kier molecular flexibility index (Phi) is 2.15. The highest BCUT2D eigenvalue weighted by Crippen LogP contribution is 2.33. The van der Waals surface area contributed by atoms with Gasteiger partial charge in [0, 0.05) is 11.3 Å². The average molecular weight is 174 g/mol. The van der Waals surface area contributed by atoms with Crippen molar-refractivity contribution in [1.29, 1.82) is 0 Å². The lowest BCUT2D eigenvalue weighted by Crippen LogP contribution is -2.10. The third-order valence-corrected chi connectivity index (χ3v) is 3.04. The van der Waals surface area contributed by atoms with Gasteiger partial charge < -0.3 is 0 Å². The van der Waals surface area contributed by atoms with Crippen molar-refractivity contribution < 1.29 is 0 Å². The van der Waals surface area contributed by atoms with Gasteiger partial charge in [-0.05, 0) is 18.8 Å². The summed E-state index contributed by atoms with van der Waals surface area (Å²) in [6, 6.07) is 0. The predicted octanol–water partition coefficient (Wildman–Crippen LogP) is 3.72. The summed E-state index contributed by atoms with van der Waals surface area (Å²) in [6.07, 6.45) is 16.7. The molecule has 0 spiro atoms. The lowest BCUT2D eigenvalue weighted by molar-refractivity contribution is 0.498. The van der Waals surface area contributed by atoms with Crippen LogP contribution in [0.5, 0.6) is 0 Å². The van der Waals surface area contributed by atoms with Crippen molar-refractivity contribution in [1.82, 2.24) is 0 Å². The van der Waals surface area contributed by atoms with Crippen LogP contribution in [0.25, 0.3) is 0 Å². The van der Waals surface area contributed by atoms with E-state index >= 15 is 0 Å². The van der Waals surface area contributed by atoms with E-state index in [1.807, 2.05) is 0 Å². The highest BCUT2D eigenvalue weighted by atomic mass is 14.3. The summed E-state index contributed by atoms with van der Waals surface area (Å²) in [5, 5.41) is 0. The first-order valence-electron chi connectivity index (χ1n) is 5.23. The Morgan fingerprint density at radius 1 is 1.08 bits per heavy atom. The van der Waals surface area contributed by atoms with Gasteiger partial charge in [-0.1, -0.05) is 50.3 Å². The minimum Gasteiger partial charge on any atom is -0.0879 e. The number of hydrogen-bond acceptors (Lipinski definition) is 0. The van der Waals surface area contributed by atoms with E-state index in [0.717, 1.165) is 5.92 Å². The second-order valence-corrected chi connectivity index (χ2v) is 4.79. The highest BCUT2D eigenvalue weighted by Gasteiger charge is 2.21. The summed E-state index contributed by atoms with van der Waals surface area (Å²) < 4.78 is 0. The Hall–Kier alpha value is -0.780. The molecule has 2 aliphatic carbocycles. The molecular formula is C13H18. The molecule has 0 amide bonds. The van der Waals surface area contributed by atoms with Gasteiger partial charge in [0.25, 0.3) is 0 Å². The van der Waals surface area contributed by atoms with E-state index in [4.69, 9.17) is 0 Å². The van der Waals surface area contributed by atoms with Crippen molar-refractivity contribution in [3.05, 3.63) is 36.5 Å². The van der Waals surface area contributed by atoms with Gasteiger partial charge in [-0.2, -0.15) is 0 Å². The Morgan fingerprint density at radius 2 is 1.85 bits per heavy atom. The van der Waals surface area contributed by atoms with Crippen LogP contribution in [-0.2, 0) is 0 Å². The van der Waals surface area contributed by atoms with E-state index < -0.39 is 0 Å². The van der Waals surface area contributed by atoms with Gasteiger partial charge in [0.15, 0.2) is 0 Å². The molecule has 0 aromatic rings. The third-order valence-electron chi connectivity index (χ3n) is 3.04. The molecule has 2 atom stereocenters. The number of hydrogen-bond donors (Lipinski definition) is 0. The molecule has 0 bridgehead atoms. The first-order valence-corrected chi connectivity index (χ1v) is 5.23. The Bertz CT molecular complexity index is 266. The molecule has 2 unspecified atom stereocenters. The second kappa shape index (κ2) is 3.17. The van der Waals surface area contributed by atoms with Gasteiger partial charge in [0.2, 0.25) is 0 Å². The Labute approximate surface area is 81.0 Å². The van der Waals surface area contributed by atoms with Crippen LogP contribution in [0, 0.1) is 17.3 Å². The topological polar surface area (TPSA) is 0 Å². The van der Waals surface area contributed by atoms with Crippen molar-refractivity contribution >= 4 is 0 Å². The SMILES string of the molecule is CC1(C)C=CC2C=CCCC2C=C1. The largest absolute Gasteiger partial charge is 0.0879 e. The van der Waals surface area contributed by atoms with Crippen molar-refractivity contribution in [2.75, 3.05) is 0 Å². The average Bonchev–Trinajstić information content (AvgIpc) is 2.27. The van der Waals surface area contributed by atoms with Crippen molar-refractivity contribution in [3.8, 4) is 0 Å². The van der Waals surface area contributed by atoms with Gasteiger partial charge >= 0.3 is 0 Å². The van der Waals surface area contributed by atoms with E-state index in [2.05, 4.69) is 50.3 Å². The summed E-state index contributed by atoms with van der Waals surface area (Å²) >= 11 is 0. The van der Waals surface area contributed by atoms with Crippen LogP contribution in [0.3, 0.4) is 0 Å². The zero-order chi connectivity index (χ0) is 9.31. The minimum atomic E-state index is 0.255. The quantitative estimate of drug-likeness (QED) is 0.491. The number of rotatable bonds is 0. The van der Waals surface area contributed by atoms with E-state index in [1.165, 1.54) is 12.8 Å². The molecule has 0 saturated carbocycles. The fourth-order valence-corrected chi connectivity index (χ4v) is 2.09. The zero-order valence-corrected chi connectivity index (χ0v) is 8.53. The van der Waals surface area contributed by atoms with Crippen molar-refractivity contribution in [2.24, 2.45) is 17.3 Å². The Balaban J connectivity index is 2.27. The molecule has 0 aromatic heterocycles. The summed E-state index contributed by atoms with van der Waals surface area (Å²) in [5.41, 5.74) is 0.255. The maximum absolute atomic E-state index is 2.41. The molecule has 70 valence electrons. The van der Waals surface area contributed by atoms with Crippen LogP contribution < -0.4 is 0 Å². The summed E-state index contributed by atoms with van der Waals surface area (Å²) in [7, 11) is 0. The first-order chi connectivity index (χ1) is 6.17. The van der Waals surface area contributed by atoms with Gasteiger partial charge in [-0.3, -0.25) is 0 Å². The molecule has 0 aliphatic heterocycles. The van der Waals surface area contributed by atoms with Crippen LogP contribution in [-0.4, -0.2) is 0 Å². The molecule has 2 aliphatic rings. The molecule has 0 saturated heterocycles. The monoisotopic (exact) mass is 174 g/mol. The minimum absolute atomic E-state index is 0.255. The van der Waals surface area contributed by atoms with Gasteiger partial charge in [-0.25, -0.2) is 0 Å². The van der Waals surface area contributed by atoms with Crippen molar-refractivity contribution in [3.63, 3.8) is 0 Å². The second-order valence-electron chi connectivity index (χ2n) is 4.79. The van der Waals surface area contributed by atoms with Crippen LogP contribution in [0.1, 0.15) is 26.7 Å². The van der Waals surface area contributed by atoms with Crippen LogP contribution >= 0.6 is 0 Å². The number of allylic oxidation sites excluding steroid dienone is 6. The molecule has 0 nitrogen and oxygen atoms in total. The summed E-state index contributed by atoms with van der Waals surface area (Å²) in [4.78, 5) is 0. The normalized spacial score (nSPS) is 35.5. The fraction of sp³-hybridized carbons (Fsp3) is 0.538. The molecule has 2 rings (SSSR count). The fourth-order valence-electron chi connectivity index (χ4n) is 2.09. The van der Waals surface area contributed by atoms with Crippen molar-refractivity contribution in [2.45, 2.75) is 26.7 Å². The first kappa shape index (κ1) is 8.80. The molecule has 0 heterocycles. The smallest absolute Gasteiger partial charge is 0.000980 e. The molecule has 0 aromatic carbocycles. The third kappa shape index (κ3) is 1.93.